The monoisotopic (exact) mass is 462 g/mol. The Morgan fingerprint density at radius 1 is 1.03 bits per heavy atom. The summed E-state index contributed by atoms with van der Waals surface area (Å²) in [5.74, 6) is 0.672. The molecule has 0 aliphatic rings. The molecule has 0 fully saturated rings. The first-order valence-corrected chi connectivity index (χ1v) is 10.2. The summed E-state index contributed by atoms with van der Waals surface area (Å²) >= 11 is 12.7. The molecule has 4 heterocycles. The molecule has 0 aliphatic carbocycles. The summed E-state index contributed by atoms with van der Waals surface area (Å²) in [7, 11) is 0. The number of rotatable bonds is 3. The van der Waals surface area contributed by atoms with Crippen LogP contribution in [0.4, 0.5) is 11.6 Å². The quantitative estimate of drug-likeness (QED) is 0.404. The number of hydrogen-bond donors (Lipinski definition) is 2. The molecule has 0 unspecified atom stereocenters. The highest BCUT2D eigenvalue weighted by Crippen LogP contribution is 2.29. The van der Waals surface area contributed by atoms with Gasteiger partial charge in [-0.2, -0.15) is 10.1 Å². The second-order valence-electron chi connectivity index (χ2n) is 7.04. The van der Waals surface area contributed by atoms with Crippen LogP contribution in [0.5, 0.6) is 0 Å². The molecule has 11 heteroatoms. The van der Waals surface area contributed by atoms with E-state index < -0.39 is 0 Å². The van der Waals surface area contributed by atoms with Gasteiger partial charge in [0.25, 0.3) is 5.56 Å². The van der Waals surface area contributed by atoms with E-state index in [2.05, 4.69) is 30.5 Å². The van der Waals surface area contributed by atoms with Crippen molar-refractivity contribution >= 4 is 62.6 Å². The van der Waals surface area contributed by atoms with Crippen molar-refractivity contribution in [1.29, 1.82) is 0 Å². The molecule has 0 aliphatic heterocycles. The zero-order chi connectivity index (χ0) is 21.8. The van der Waals surface area contributed by atoms with Crippen molar-refractivity contribution in [3.63, 3.8) is 0 Å². The lowest BCUT2D eigenvalue weighted by atomic mass is 10.2. The Morgan fingerprint density at radius 3 is 2.72 bits per heavy atom. The topological polar surface area (TPSA) is 106 Å². The van der Waals surface area contributed by atoms with Crippen LogP contribution >= 0.6 is 23.2 Å². The molecule has 4 aromatic heterocycles. The van der Waals surface area contributed by atoms with Crippen molar-refractivity contribution in [3.05, 3.63) is 81.6 Å². The molecule has 0 bridgehead atoms. The van der Waals surface area contributed by atoms with E-state index in [0.29, 0.717) is 38.5 Å². The van der Waals surface area contributed by atoms with Gasteiger partial charge in [-0.3, -0.25) is 14.3 Å². The fraction of sp³-hybridized carbons (Fsp3) is 0. The highest BCUT2D eigenvalue weighted by Gasteiger charge is 2.19. The van der Waals surface area contributed by atoms with E-state index in [1.807, 2.05) is 18.2 Å². The Labute approximate surface area is 189 Å². The van der Waals surface area contributed by atoms with E-state index in [-0.39, 0.29) is 5.56 Å². The maximum atomic E-state index is 13.4. The summed E-state index contributed by atoms with van der Waals surface area (Å²) in [5.41, 5.74) is 2.10. The molecule has 32 heavy (non-hydrogen) atoms. The van der Waals surface area contributed by atoms with Crippen molar-refractivity contribution in [2.45, 2.75) is 0 Å². The van der Waals surface area contributed by atoms with Crippen LogP contribution in [0.25, 0.3) is 33.4 Å². The lowest BCUT2D eigenvalue weighted by Crippen LogP contribution is -2.23. The number of nitrogens with zero attached hydrogens (tertiary/aromatic N) is 6. The molecule has 0 spiro atoms. The van der Waals surface area contributed by atoms with E-state index >= 15 is 0 Å². The normalized spacial score (nSPS) is 11.6. The van der Waals surface area contributed by atoms with Crippen LogP contribution in [0.1, 0.15) is 0 Å². The minimum Gasteiger partial charge on any atom is -0.324 e. The molecule has 2 N–H and O–H groups in total. The molecule has 0 atom stereocenters. The van der Waals surface area contributed by atoms with Crippen molar-refractivity contribution in [1.82, 2.24) is 34.1 Å². The van der Waals surface area contributed by atoms with E-state index in [1.165, 1.54) is 10.8 Å². The maximum Gasteiger partial charge on any atom is 0.270 e. The summed E-state index contributed by atoms with van der Waals surface area (Å²) in [6, 6.07) is 10.8. The van der Waals surface area contributed by atoms with Crippen molar-refractivity contribution in [3.8, 4) is 5.69 Å². The van der Waals surface area contributed by atoms with Gasteiger partial charge in [-0.1, -0.05) is 29.3 Å². The third-order valence-corrected chi connectivity index (χ3v) is 5.72. The van der Waals surface area contributed by atoms with E-state index in [9.17, 15) is 4.79 Å². The number of aromatic nitrogens is 7. The van der Waals surface area contributed by atoms with Crippen molar-refractivity contribution in [2.75, 3.05) is 5.32 Å². The van der Waals surface area contributed by atoms with Gasteiger partial charge in [-0.25, -0.2) is 14.5 Å². The van der Waals surface area contributed by atoms with Crippen LogP contribution in [0.2, 0.25) is 10.0 Å². The van der Waals surface area contributed by atoms with Gasteiger partial charge in [0.1, 0.15) is 5.39 Å². The summed E-state index contributed by atoms with van der Waals surface area (Å²) in [5, 5.41) is 12.0. The molecule has 9 nitrogen and oxygen atoms in total. The van der Waals surface area contributed by atoms with Gasteiger partial charge in [-0.05, 0) is 30.3 Å². The molecule has 6 aromatic rings. The van der Waals surface area contributed by atoms with Crippen LogP contribution in [0.3, 0.4) is 0 Å². The molecule has 0 amide bonds. The number of fused-ring (bicyclic) bond motifs is 4. The van der Waals surface area contributed by atoms with Gasteiger partial charge in [0.15, 0.2) is 5.65 Å². The van der Waals surface area contributed by atoms with Crippen LogP contribution < -0.4 is 10.9 Å². The van der Waals surface area contributed by atoms with Crippen molar-refractivity contribution in [2.24, 2.45) is 0 Å². The average molecular weight is 463 g/mol. The van der Waals surface area contributed by atoms with Gasteiger partial charge in [0, 0.05) is 29.7 Å². The largest absolute Gasteiger partial charge is 0.324 e. The molecule has 0 radical (unpaired) electrons. The number of hydrogen-bond acceptors (Lipinski definition) is 6. The fourth-order valence-electron chi connectivity index (χ4n) is 3.66. The smallest absolute Gasteiger partial charge is 0.270 e. The summed E-state index contributed by atoms with van der Waals surface area (Å²) in [6.45, 7) is 0. The number of nitrogens with one attached hydrogen (secondary N) is 2. The zero-order valence-corrected chi connectivity index (χ0v) is 17.6. The lowest BCUT2D eigenvalue weighted by molar-refractivity contribution is 0.962. The minimum absolute atomic E-state index is 0.294. The molecule has 156 valence electrons. The first-order chi connectivity index (χ1) is 15.6. The molecular formula is C21H12Cl2N8O. The number of benzene rings is 2. The number of anilines is 2. The van der Waals surface area contributed by atoms with Crippen LogP contribution in [0.15, 0.2) is 66.0 Å². The Balaban J connectivity index is 1.55. The summed E-state index contributed by atoms with van der Waals surface area (Å²) < 4.78 is 3.07. The van der Waals surface area contributed by atoms with Gasteiger partial charge in [-0.15, -0.1) is 0 Å². The van der Waals surface area contributed by atoms with Crippen LogP contribution in [0, 0.1) is 0 Å². The van der Waals surface area contributed by atoms with Gasteiger partial charge >= 0.3 is 0 Å². The standard InChI is InChI=1S/C21H12Cl2N8O/c22-14-2-1-3-15(23)17(14)31-19(32)13-10-25-20(28-18(13)30-7-6-24-21(30)31)27-12-4-5-16-11(8-12)9-26-29-16/h1-10H,(H,26,29)(H,25,27,28). The predicted octanol–water partition coefficient (Wildman–Crippen LogP) is 4.36. The molecule has 0 saturated heterocycles. The first-order valence-electron chi connectivity index (χ1n) is 9.49. The number of imidazole rings is 1. The van der Waals surface area contributed by atoms with Gasteiger partial charge in [0.2, 0.25) is 11.7 Å². The first kappa shape index (κ1) is 18.8. The third-order valence-electron chi connectivity index (χ3n) is 5.11. The highest BCUT2D eigenvalue weighted by molar-refractivity contribution is 6.37. The van der Waals surface area contributed by atoms with E-state index in [1.54, 1.807) is 41.2 Å². The Hall–Kier alpha value is -3.95. The van der Waals surface area contributed by atoms with Crippen molar-refractivity contribution < 1.29 is 0 Å². The fourth-order valence-corrected chi connectivity index (χ4v) is 4.23. The van der Waals surface area contributed by atoms with Crippen LogP contribution in [-0.2, 0) is 0 Å². The highest BCUT2D eigenvalue weighted by atomic mass is 35.5. The van der Waals surface area contributed by atoms with Crippen LogP contribution in [-0.4, -0.2) is 34.1 Å². The summed E-state index contributed by atoms with van der Waals surface area (Å²) in [4.78, 5) is 26.7. The molecular weight excluding hydrogens is 451 g/mol. The SMILES string of the molecule is O=c1c2cnc(Nc3ccc4[nH]ncc4c3)nc2n2ccnc2n1-c1c(Cl)cccc1Cl. The zero-order valence-electron chi connectivity index (χ0n) is 16.1. The predicted molar refractivity (Wildman–Crippen MR) is 123 cm³/mol. The molecule has 6 rings (SSSR count). The van der Waals surface area contributed by atoms with E-state index in [0.717, 1.165) is 16.6 Å². The summed E-state index contributed by atoms with van der Waals surface area (Å²) in [6.07, 6.45) is 6.51. The number of H-pyrrole nitrogens is 1. The van der Waals surface area contributed by atoms with Gasteiger partial charge < -0.3 is 5.32 Å². The lowest BCUT2D eigenvalue weighted by Gasteiger charge is -2.13. The minimum atomic E-state index is -0.375. The third kappa shape index (κ3) is 2.83. The Kier molecular flexibility index (Phi) is 4.14. The van der Waals surface area contributed by atoms with Gasteiger partial charge in [0.05, 0.1) is 27.4 Å². The number of aromatic amines is 1. The average Bonchev–Trinajstić information content (AvgIpc) is 3.45. The van der Waals surface area contributed by atoms with E-state index in [4.69, 9.17) is 23.2 Å². The molecule has 0 saturated carbocycles. The maximum absolute atomic E-state index is 13.4. The number of para-hydroxylation sites is 1. The number of halogens is 2. The molecule has 2 aromatic carbocycles. The second-order valence-corrected chi connectivity index (χ2v) is 7.85. The Morgan fingerprint density at radius 2 is 1.88 bits per heavy atom. The second kappa shape index (κ2) is 7.04. The Bertz CT molecular complexity index is 1700.